The zero-order valence-electron chi connectivity index (χ0n) is 12.4. The fourth-order valence-electron chi connectivity index (χ4n) is 2.01. The molecule has 4 nitrogen and oxygen atoms in total. The lowest BCUT2D eigenvalue weighted by Crippen LogP contribution is -2.04. The fourth-order valence-corrected chi connectivity index (χ4v) is 2.01. The molecule has 0 amide bonds. The Morgan fingerprint density at radius 2 is 1.62 bits per heavy atom. The molecule has 0 spiro atoms. The second-order valence-corrected chi connectivity index (χ2v) is 4.35. The number of hydrogen-bond acceptors (Lipinski definition) is 4. The zero-order valence-corrected chi connectivity index (χ0v) is 12.4. The molecule has 2 rings (SSSR count). The van der Waals surface area contributed by atoms with Gasteiger partial charge in [0.2, 0.25) is 0 Å². The first-order chi connectivity index (χ1) is 10.2. The average molecular weight is 286 g/mol. The van der Waals surface area contributed by atoms with Crippen molar-refractivity contribution in [2.24, 2.45) is 0 Å². The van der Waals surface area contributed by atoms with Gasteiger partial charge in [-0.3, -0.25) is 4.79 Å². The van der Waals surface area contributed by atoms with Crippen molar-refractivity contribution in [3.05, 3.63) is 53.6 Å². The van der Waals surface area contributed by atoms with Crippen LogP contribution in [0.25, 0.3) is 0 Å². The predicted octanol–water partition coefficient (Wildman–Crippen LogP) is 3.33. The van der Waals surface area contributed by atoms with E-state index in [-0.39, 0.29) is 5.78 Å². The molecule has 0 saturated carbocycles. The molecule has 110 valence electrons. The first kappa shape index (κ1) is 14.9. The maximum atomic E-state index is 12.5. The van der Waals surface area contributed by atoms with E-state index in [1.165, 1.54) is 7.11 Å². The van der Waals surface area contributed by atoms with Crippen molar-refractivity contribution in [1.82, 2.24) is 0 Å². The van der Waals surface area contributed by atoms with Crippen molar-refractivity contribution in [1.29, 1.82) is 0 Å². The second kappa shape index (κ2) is 6.79. The van der Waals surface area contributed by atoms with Crippen LogP contribution in [-0.4, -0.2) is 26.6 Å². The van der Waals surface area contributed by atoms with E-state index in [1.54, 1.807) is 49.6 Å². The lowest BCUT2D eigenvalue weighted by Gasteiger charge is -2.10. The molecule has 0 atom stereocenters. The summed E-state index contributed by atoms with van der Waals surface area (Å²) in [6.45, 7) is 2.47. The Morgan fingerprint density at radius 3 is 2.19 bits per heavy atom. The molecule has 0 aliphatic rings. The van der Waals surface area contributed by atoms with E-state index >= 15 is 0 Å². The van der Waals surface area contributed by atoms with Crippen molar-refractivity contribution in [2.75, 3.05) is 20.8 Å². The monoisotopic (exact) mass is 286 g/mol. The number of carbonyl (C=O) groups excluding carboxylic acids is 1. The lowest BCUT2D eigenvalue weighted by atomic mass is 10.0. The third-order valence-corrected chi connectivity index (χ3v) is 3.08. The molecular formula is C17H18O4. The van der Waals surface area contributed by atoms with Crippen LogP contribution in [0, 0.1) is 0 Å². The van der Waals surface area contributed by atoms with Crippen molar-refractivity contribution >= 4 is 5.78 Å². The Kier molecular flexibility index (Phi) is 4.82. The highest BCUT2D eigenvalue weighted by atomic mass is 16.5. The van der Waals surface area contributed by atoms with Gasteiger partial charge in [0.1, 0.15) is 17.2 Å². The Balaban J connectivity index is 2.33. The van der Waals surface area contributed by atoms with Gasteiger partial charge in [-0.15, -0.1) is 0 Å². The highest BCUT2D eigenvalue weighted by Crippen LogP contribution is 2.27. The van der Waals surface area contributed by atoms with Gasteiger partial charge in [0.05, 0.1) is 26.4 Å². The fraction of sp³-hybridized carbons (Fsp3) is 0.235. The van der Waals surface area contributed by atoms with Crippen molar-refractivity contribution < 1.29 is 19.0 Å². The van der Waals surface area contributed by atoms with Gasteiger partial charge in [-0.2, -0.15) is 0 Å². The molecule has 0 unspecified atom stereocenters. The number of rotatable bonds is 6. The highest BCUT2D eigenvalue weighted by molar-refractivity contribution is 6.10. The number of hydrogen-bond donors (Lipinski definition) is 0. The van der Waals surface area contributed by atoms with Crippen LogP contribution in [0.4, 0.5) is 0 Å². The SMILES string of the molecule is CCOc1ccc(C(=O)c2ccc(OC)cc2)c(OC)c1. The molecule has 0 saturated heterocycles. The summed E-state index contributed by atoms with van der Waals surface area (Å²) in [6.07, 6.45) is 0. The molecular weight excluding hydrogens is 268 g/mol. The molecule has 2 aromatic carbocycles. The van der Waals surface area contributed by atoms with Crippen LogP contribution in [0.1, 0.15) is 22.8 Å². The Labute approximate surface area is 124 Å². The Hall–Kier alpha value is -2.49. The van der Waals surface area contributed by atoms with Crippen LogP contribution in [-0.2, 0) is 0 Å². The lowest BCUT2D eigenvalue weighted by molar-refractivity contribution is 0.103. The summed E-state index contributed by atoms with van der Waals surface area (Å²) >= 11 is 0. The number of methoxy groups -OCH3 is 2. The topological polar surface area (TPSA) is 44.8 Å². The van der Waals surface area contributed by atoms with Crippen LogP contribution in [0.3, 0.4) is 0 Å². The van der Waals surface area contributed by atoms with Gasteiger partial charge < -0.3 is 14.2 Å². The third kappa shape index (κ3) is 3.34. The molecule has 0 heterocycles. The summed E-state index contributed by atoms with van der Waals surface area (Å²) in [5.41, 5.74) is 1.09. The molecule has 0 aliphatic heterocycles. The van der Waals surface area contributed by atoms with Crippen LogP contribution < -0.4 is 14.2 Å². The molecule has 0 fully saturated rings. The first-order valence-corrected chi connectivity index (χ1v) is 6.69. The molecule has 0 aromatic heterocycles. The number of ether oxygens (including phenoxy) is 3. The predicted molar refractivity (Wildman–Crippen MR) is 80.6 cm³/mol. The molecule has 4 heteroatoms. The van der Waals surface area contributed by atoms with E-state index in [0.29, 0.717) is 35.0 Å². The number of benzene rings is 2. The summed E-state index contributed by atoms with van der Waals surface area (Å²) in [6, 6.07) is 12.2. The maximum absolute atomic E-state index is 12.5. The molecule has 2 aromatic rings. The van der Waals surface area contributed by atoms with Gasteiger partial charge in [-0.25, -0.2) is 0 Å². The molecule has 0 bridgehead atoms. The Morgan fingerprint density at radius 1 is 0.952 bits per heavy atom. The highest BCUT2D eigenvalue weighted by Gasteiger charge is 2.15. The van der Waals surface area contributed by atoms with Gasteiger partial charge >= 0.3 is 0 Å². The van der Waals surface area contributed by atoms with Crippen molar-refractivity contribution in [2.45, 2.75) is 6.92 Å². The average Bonchev–Trinajstić information content (AvgIpc) is 2.54. The number of carbonyl (C=O) groups is 1. The largest absolute Gasteiger partial charge is 0.497 e. The minimum absolute atomic E-state index is 0.0995. The van der Waals surface area contributed by atoms with E-state index in [4.69, 9.17) is 14.2 Å². The normalized spacial score (nSPS) is 10.0. The van der Waals surface area contributed by atoms with Crippen molar-refractivity contribution in [3.63, 3.8) is 0 Å². The third-order valence-electron chi connectivity index (χ3n) is 3.08. The van der Waals surface area contributed by atoms with E-state index < -0.39 is 0 Å². The summed E-state index contributed by atoms with van der Waals surface area (Å²) in [7, 11) is 3.13. The summed E-state index contributed by atoms with van der Waals surface area (Å²) in [5.74, 6) is 1.80. The first-order valence-electron chi connectivity index (χ1n) is 6.69. The van der Waals surface area contributed by atoms with Gasteiger partial charge in [-0.1, -0.05) is 0 Å². The summed E-state index contributed by atoms with van der Waals surface area (Å²) in [4.78, 5) is 12.5. The van der Waals surface area contributed by atoms with Gasteiger partial charge in [0.15, 0.2) is 5.78 Å². The Bertz CT molecular complexity index is 617. The quantitative estimate of drug-likeness (QED) is 0.764. The summed E-state index contributed by atoms with van der Waals surface area (Å²) < 4.78 is 15.8. The molecule has 0 aliphatic carbocycles. The maximum Gasteiger partial charge on any atom is 0.196 e. The standard InChI is InChI=1S/C17H18O4/c1-4-21-14-9-10-15(16(11-14)20-3)17(18)12-5-7-13(19-2)8-6-12/h5-11H,4H2,1-3H3. The van der Waals surface area contributed by atoms with E-state index in [1.807, 2.05) is 6.92 Å². The van der Waals surface area contributed by atoms with E-state index in [0.717, 1.165) is 0 Å². The number of ketones is 1. The minimum Gasteiger partial charge on any atom is -0.497 e. The van der Waals surface area contributed by atoms with E-state index in [2.05, 4.69) is 0 Å². The molecule has 0 N–H and O–H groups in total. The second-order valence-electron chi connectivity index (χ2n) is 4.35. The van der Waals surface area contributed by atoms with Crippen LogP contribution in [0.2, 0.25) is 0 Å². The van der Waals surface area contributed by atoms with Gasteiger partial charge in [-0.05, 0) is 43.3 Å². The van der Waals surface area contributed by atoms with E-state index in [9.17, 15) is 4.79 Å². The van der Waals surface area contributed by atoms with Crippen LogP contribution in [0.15, 0.2) is 42.5 Å². The van der Waals surface area contributed by atoms with Crippen molar-refractivity contribution in [3.8, 4) is 17.2 Å². The minimum atomic E-state index is -0.0995. The van der Waals surface area contributed by atoms with Gasteiger partial charge in [0, 0.05) is 11.6 Å². The smallest absolute Gasteiger partial charge is 0.196 e. The van der Waals surface area contributed by atoms with Crippen LogP contribution in [0.5, 0.6) is 17.2 Å². The molecule has 0 radical (unpaired) electrons. The summed E-state index contributed by atoms with van der Waals surface area (Å²) in [5, 5.41) is 0. The van der Waals surface area contributed by atoms with Crippen LogP contribution >= 0.6 is 0 Å². The zero-order chi connectivity index (χ0) is 15.2. The van der Waals surface area contributed by atoms with Gasteiger partial charge in [0.25, 0.3) is 0 Å². The molecule has 21 heavy (non-hydrogen) atoms.